The molecule has 0 radical (unpaired) electrons. The maximum atomic E-state index is 13.1. The van der Waals surface area contributed by atoms with Crippen LogP contribution < -0.4 is 5.32 Å². The SMILES string of the molecule is COC(=O)C(Cc1cn(Cc2ccccc2)cn1)NC(=O)C1CCN(C(=O)C=Cc2ccc(SC)c(Cl)c2Cl)CC1. The summed E-state index contributed by atoms with van der Waals surface area (Å²) in [5.74, 6) is -1.25. The van der Waals surface area contributed by atoms with Crippen molar-refractivity contribution in [2.24, 2.45) is 5.92 Å². The number of esters is 1. The molecule has 1 fully saturated rings. The number of amides is 2. The molecule has 2 heterocycles. The van der Waals surface area contributed by atoms with E-state index in [9.17, 15) is 14.4 Å². The molecule has 0 aliphatic carbocycles. The largest absolute Gasteiger partial charge is 0.467 e. The predicted octanol–water partition coefficient (Wildman–Crippen LogP) is 5.11. The highest BCUT2D eigenvalue weighted by molar-refractivity contribution is 7.98. The van der Waals surface area contributed by atoms with E-state index in [4.69, 9.17) is 27.9 Å². The van der Waals surface area contributed by atoms with Crippen molar-refractivity contribution in [1.29, 1.82) is 0 Å². The Kier molecular flexibility index (Phi) is 10.9. The average Bonchev–Trinajstić information content (AvgIpc) is 3.44. The summed E-state index contributed by atoms with van der Waals surface area (Å²) in [6.45, 7) is 1.50. The second-order valence-corrected chi connectivity index (χ2v) is 11.3. The lowest BCUT2D eigenvalue weighted by Gasteiger charge is -2.31. The zero-order valence-corrected chi connectivity index (χ0v) is 25.2. The van der Waals surface area contributed by atoms with Crippen molar-refractivity contribution in [3.05, 3.63) is 87.9 Å². The zero-order valence-electron chi connectivity index (χ0n) is 22.9. The van der Waals surface area contributed by atoms with Gasteiger partial charge in [0.25, 0.3) is 0 Å². The van der Waals surface area contributed by atoms with Gasteiger partial charge in [0.15, 0.2) is 0 Å². The molecule has 2 amide bonds. The summed E-state index contributed by atoms with van der Waals surface area (Å²) in [5.41, 5.74) is 2.47. The van der Waals surface area contributed by atoms with E-state index in [1.165, 1.54) is 24.9 Å². The molecule has 8 nitrogen and oxygen atoms in total. The number of hydrogen-bond donors (Lipinski definition) is 1. The number of halogens is 2. The van der Waals surface area contributed by atoms with Crippen LogP contribution in [0.4, 0.5) is 0 Å². The van der Waals surface area contributed by atoms with Gasteiger partial charge in [-0.1, -0.05) is 59.6 Å². The van der Waals surface area contributed by atoms with Gasteiger partial charge < -0.3 is 19.5 Å². The first-order valence-corrected chi connectivity index (χ1v) is 15.2. The van der Waals surface area contributed by atoms with Crippen LogP contribution >= 0.6 is 35.0 Å². The van der Waals surface area contributed by atoms with Crippen LogP contribution in [0.2, 0.25) is 10.0 Å². The maximum Gasteiger partial charge on any atom is 0.328 e. The van der Waals surface area contributed by atoms with E-state index >= 15 is 0 Å². The minimum atomic E-state index is -0.857. The fraction of sp³-hybridized carbons (Fsp3) is 0.333. The number of benzene rings is 2. The molecule has 3 aromatic rings. The van der Waals surface area contributed by atoms with Crippen LogP contribution in [0.3, 0.4) is 0 Å². The fourth-order valence-electron chi connectivity index (χ4n) is 4.69. The van der Waals surface area contributed by atoms with Gasteiger partial charge in [-0.05, 0) is 42.4 Å². The Hall–Kier alpha value is -3.27. The van der Waals surface area contributed by atoms with Gasteiger partial charge in [0.05, 0.1) is 29.2 Å². The van der Waals surface area contributed by atoms with Crippen LogP contribution in [0.25, 0.3) is 6.08 Å². The van der Waals surface area contributed by atoms with Crippen molar-refractivity contribution in [1.82, 2.24) is 19.8 Å². The third kappa shape index (κ3) is 8.15. The normalized spacial score (nSPS) is 14.7. The first-order chi connectivity index (χ1) is 19.8. The van der Waals surface area contributed by atoms with Crippen molar-refractivity contribution < 1.29 is 19.1 Å². The molecule has 0 saturated carbocycles. The van der Waals surface area contributed by atoms with Crippen molar-refractivity contribution in [3.63, 3.8) is 0 Å². The van der Waals surface area contributed by atoms with E-state index in [-0.39, 0.29) is 24.2 Å². The monoisotopic (exact) mass is 614 g/mol. The van der Waals surface area contributed by atoms with Crippen molar-refractivity contribution in [2.45, 2.75) is 36.7 Å². The third-order valence-corrected chi connectivity index (χ3v) is 8.78. The summed E-state index contributed by atoms with van der Waals surface area (Å²) in [7, 11) is 1.30. The number of hydrogen-bond acceptors (Lipinski definition) is 6. The summed E-state index contributed by atoms with van der Waals surface area (Å²) < 4.78 is 6.88. The number of ether oxygens (including phenoxy) is 1. The van der Waals surface area contributed by atoms with Gasteiger partial charge in [-0.15, -0.1) is 11.8 Å². The van der Waals surface area contributed by atoms with Crippen LogP contribution in [-0.4, -0.2) is 64.7 Å². The van der Waals surface area contributed by atoms with Gasteiger partial charge in [-0.3, -0.25) is 9.59 Å². The first-order valence-electron chi connectivity index (χ1n) is 13.2. The summed E-state index contributed by atoms with van der Waals surface area (Å²) in [5, 5.41) is 3.72. The minimum Gasteiger partial charge on any atom is -0.467 e. The summed E-state index contributed by atoms with van der Waals surface area (Å²) >= 11 is 14.1. The molecule has 11 heteroatoms. The van der Waals surface area contributed by atoms with E-state index in [2.05, 4.69) is 10.3 Å². The summed E-state index contributed by atoms with van der Waals surface area (Å²) in [4.78, 5) is 45.3. The van der Waals surface area contributed by atoms with Crippen LogP contribution in [0.5, 0.6) is 0 Å². The van der Waals surface area contributed by atoms with E-state index in [0.29, 0.717) is 53.8 Å². The van der Waals surface area contributed by atoms with Gasteiger partial charge in [0.2, 0.25) is 11.8 Å². The first kappa shape index (κ1) is 30.7. The van der Waals surface area contributed by atoms with Crippen LogP contribution in [-0.2, 0) is 32.1 Å². The predicted molar refractivity (Wildman–Crippen MR) is 162 cm³/mol. The lowest BCUT2D eigenvalue weighted by atomic mass is 9.95. The van der Waals surface area contributed by atoms with Gasteiger partial charge in [0.1, 0.15) is 6.04 Å². The number of carbonyl (C=O) groups is 3. The van der Waals surface area contributed by atoms with Crippen LogP contribution in [0.15, 0.2) is 66.0 Å². The molecule has 1 atom stereocenters. The van der Waals surface area contributed by atoms with Crippen LogP contribution in [0, 0.1) is 5.92 Å². The van der Waals surface area contributed by atoms with Gasteiger partial charge >= 0.3 is 5.97 Å². The second-order valence-electron chi connectivity index (χ2n) is 9.73. The van der Waals surface area contributed by atoms with Crippen LogP contribution in [0.1, 0.15) is 29.7 Å². The number of aromatic nitrogens is 2. The number of likely N-dealkylation sites (tertiary alicyclic amines) is 1. The maximum absolute atomic E-state index is 13.1. The molecule has 2 aromatic carbocycles. The number of piperidine rings is 1. The number of carbonyl (C=O) groups excluding carboxylic acids is 3. The molecule has 1 aliphatic heterocycles. The van der Waals surface area contributed by atoms with Gasteiger partial charge in [0, 0.05) is 49.1 Å². The Morgan fingerprint density at radius 2 is 1.85 bits per heavy atom. The molecule has 1 N–H and O–H groups in total. The Morgan fingerprint density at radius 1 is 1.12 bits per heavy atom. The lowest BCUT2D eigenvalue weighted by molar-refractivity contribution is -0.145. The minimum absolute atomic E-state index is 0.163. The zero-order chi connectivity index (χ0) is 29.4. The molecular weight excluding hydrogens is 583 g/mol. The second kappa shape index (κ2) is 14.6. The Balaban J connectivity index is 1.30. The molecule has 4 rings (SSSR count). The molecular formula is C30H32Cl2N4O4S. The quantitative estimate of drug-likeness (QED) is 0.194. The van der Waals surface area contributed by atoms with Gasteiger partial charge in [-0.2, -0.15) is 0 Å². The van der Waals surface area contributed by atoms with E-state index in [0.717, 1.165) is 10.5 Å². The smallest absolute Gasteiger partial charge is 0.328 e. The van der Waals surface area contributed by atoms with E-state index in [1.54, 1.807) is 17.3 Å². The number of thioether (sulfide) groups is 1. The molecule has 0 bridgehead atoms. The standard InChI is InChI=1S/C30H32Cl2N4O4S/c1-40-30(39)24(16-23-18-35(19-33-23)17-20-6-4-3-5-7-20)34-29(38)22-12-14-36(15-13-22)26(37)11-9-21-8-10-25(41-2)28(32)27(21)31/h3-11,18-19,22,24H,12-17H2,1-2H3,(H,34,38). The fourth-order valence-corrected chi connectivity index (χ4v) is 5.86. The van der Waals surface area contributed by atoms with Crippen molar-refractivity contribution in [2.75, 3.05) is 26.5 Å². The molecule has 216 valence electrons. The van der Waals surface area contributed by atoms with Gasteiger partial charge in [-0.25, -0.2) is 9.78 Å². The number of methoxy groups -OCH3 is 1. The Labute approximate surface area is 254 Å². The highest BCUT2D eigenvalue weighted by Gasteiger charge is 2.30. The number of imidazole rings is 1. The summed E-state index contributed by atoms with van der Waals surface area (Å²) in [6, 6.07) is 12.8. The Bertz CT molecular complexity index is 1400. The van der Waals surface area contributed by atoms with E-state index < -0.39 is 12.0 Å². The molecule has 1 saturated heterocycles. The molecule has 0 spiro atoms. The topological polar surface area (TPSA) is 93.5 Å². The highest BCUT2D eigenvalue weighted by atomic mass is 35.5. The van der Waals surface area contributed by atoms with E-state index in [1.807, 2.05) is 59.5 Å². The average molecular weight is 616 g/mol. The number of rotatable bonds is 10. The highest BCUT2D eigenvalue weighted by Crippen LogP contribution is 2.35. The van der Waals surface area contributed by atoms with Crippen molar-refractivity contribution in [3.8, 4) is 0 Å². The summed E-state index contributed by atoms with van der Waals surface area (Å²) in [6.07, 6.45) is 9.81. The molecule has 1 aliphatic rings. The number of nitrogens with zero attached hydrogens (tertiary/aromatic N) is 3. The molecule has 41 heavy (non-hydrogen) atoms. The molecule has 1 unspecified atom stereocenters. The number of nitrogens with one attached hydrogen (secondary N) is 1. The molecule has 1 aromatic heterocycles. The third-order valence-electron chi connectivity index (χ3n) is 6.99. The van der Waals surface area contributed by atoms with Crippen molar-refractivity contribution >= 4 is 58.8 Å². The Morgan fingerprint density at radius 3 is 2.54 bits per heavy atom. The lowest BCUT2D eigenvalue weighted by Crippen LogP contribution is -2.48.